The predicted octanol–water partition coefficient (Wildman–Crippen LogP) is 2.11. The zero-order chi connectivity index (χ0) is 31.8. The third-order valence-corrected chi connectivity index (χ3v) is 5.67. The maximum Gasteiger partial charge on any atom is 0.534 e. The Balaban J connectivity index is 2.19. The first-order valence-electron chi connectivity index (χ1n) is 12.7. The van der Waals surface area contributed by atoms with E-state index < -0.39 is 50.4 Å². The number of aromatic hydroxyl groups is 2. The smallest absolute Gasteiger partial charge is 0.492 e. The van der Waals surface area contributed by atoms with Gasteiger partial charge in [0.1, 0.15) is 41.0 Å². The van der Waals surface area contributed by atoms with E-state index in [-0.39, 0.29) is 66.1 Å². The monoisotopic (exact) mass is 733 g/mol. The minimum absolute atomic E-state index is 0.0598. The predicted molar refractivity (Wildman–Crippen MR) is 151 cm³/mol. The third-order valence-electron chi connectivity index (χ3n) is 4.97. The number of hydrogen-bond acceptors (Lipinski definition) is 14. The molecule has 1 heterocycles. The lowest BCUT2D eigenvalue weighted by molar-refractivity contribution is -0.171. The lowest BCUT2D eigenvalue weighted by Crippen LogP contribution is -2.42. The van der Waals surface area contributed by atoms with Crippen molar-refractivity contribution in [3.63, 3.8) is 0 Å². The molecule has 0 aliphatic rings. The Bertz CT molecular complexity index is 990. The van der Waals surface area contributed by atoms with E-state index in [2.05, 4.69) is 36.7 Å². The molecule has 0 bridgehead atoms. The molecule has 0 saturated heterocycles. The van der Waals surface area contributed by atoms with Crippen LogP contribution >= 0.6 is 31.9 Å². The molecular weight excluding hydrogens is 698 g/mol. The van der Waals surface area contributed by atoms with Crippen molar-refractivity contribution in [2.24, 2.45) is 5.41 Å². The SMILES string of the molecule is CC(Br)C(=O)OCC(C)(COC(=O)C(C)(C)Br)C(=O)OCCOCCOCCOCCOC(=O)On1c(O)ccc1O. The molecule has 0 radical (unpaired) electrons. The summed E-state index contributed by atoms with van der Waals surface area (Å²) >= 11 is 6.29. The average Bonchev–Trinajstić information content (AvgIpc) is 3.24. The number of alkyl halides is 2. The fraction of sp³-hybridized carbons (Fsp3) is 0.680. The van der Waals surface area contributed by atoms with Crippen LogP contribution in [0, 0.1) is 5.41 Å². The van der Waals surface area contributed by atoms with Crippen molar-refractivity contribution in [2.75, 3.05) is 66.1 Å². The van der Waals surface area contributed by atoms with E-state index in [1.807, 2.05) is 0 Å². The fourth-order valence-electron chi connectivity index (χ4n) is 2.59. The number of rotatable bonds is 20. The summed E-state index contributed by atoms with van der Waals surface area (Å²) in [4.78, 5) is 52.3. The van der Waals surface area contributed by atoms with Gasteiger partial charge in [-0.15, -0.1) is 4.73 Å². The van der Waals surface area contributed by atoms with E-state index >= 15 is 0 Å². The number of carbonyl (C=O) groups is 4. The summed E-state index contributed by atoms with van der Waals surface area (Å²) in [5.74, 6) is -2.85. The topological polar surface area (TPSA) is 188 Å². The van der Waals surface area contributed by atoms with Crippen LogP contribution in [-0.4, -0.2) is 114 Å². The molecule has 17 heteroatoms. The van der Waals surface area contributed by atoms with Gasteiger partial charge in [-0.2, -0.15) is 0 Å². The lowest BCUT2D eigenvalue weighted by Gasteiger charge is -2.28. The molecule has 0 aliphatic carbocycles. The molecule has 2 atom stereocenters. The first-order chi connectivity index (χ1) is 19.7. The summed E-state index contributed by atoms with van der Waals surface area (Å²) in [7, 11) is 0. The largest absolute Gasteiger partial charge is 0.534 e. The van der Waals surface area contributed by atoms with Gasteiger partial charge in [0, 0.05) is 12.1 Å². The van der Waals surface area contributed by atoms with Crippen LogP contribution in [0.5, 0.6) is 11.8 Å². The quantitative estimate of drug-likeness (QED) is 0.0858. The highest BCUT2D eigenvalue weighted by Gasteiger charge is 2.40. The zero-order valence-corrected chi connectivity index (χ0v) is 27.0. The second-order valence-corrected chi connectivity index (χ2v) is 12.7. The summed E-state index contributed by atoms with van der Waals surface area (Å²) in [6.45, 7) is 6.31. The van der Waals surface area contributed by atoms with Crippen LogP contribution in [-0.2, 0) is 47.5 Å². The molecule has 15 nitrogen and oxygen atoms in total. The first-order valence-corrected chi connectivity index (χ1v) is 14.4. The summed E-state index contributed by atoms with van der Waals surface area (Å²) in [6.07, 6.45) is -1.14. The Labute approximate surface area is 259 Å². The van der Waals surface area contributed by atoms with Crippen molar-refractivity contribution in [3.05, 3.63) is 12.1 Å². The lowest BCUT2D eigenvalue weighted by atomic mass is 9.93. The Morgan fingerprint density at radius 2 is 1.21 bits per heavy atom. The fourth-order valence-corrected chi connectivity index (χ4v) is 2.84. The van der Waals surface area contributed by atoms with Crippen LogP contribution < -0.4 is 4.84 Å². The van der Waals surface area contributed by atoms with Crippen molar-refractivity contribution < 1.29 is 67.4 Å². The number of hydrogen-bond donors (Lipinski definition) is 2. The summed E-state index contributed by atoms with van der Waals surface area (Å²) < 4.78 is 35.9. The second-order valence-electron chi connectivity index (χ2n) is 9.34. The maximum absolute atomic E-state index is 12.7. The first kappa shape index (κ1) is 37.4. The van der Waals surface area contributed by atoms with Crippen LogP contribution in [0.15, 0.2) is 12.1 Å². The van der Waals surface area contributed by atoms with Crippen LogP contribution in [0.3, 0.4) is 0 Å². The molecule has 1 rings (SSSR count). The van der Waals surface area contributed by atoms with E-state index in [0.29, 0.717) is 4.73 Å². The molecule has 0 saturated carbocycles. The van der Waals surface area contributed by atoms with Gasteiger partial charge in [0.2, 0.25) is 11.8 Å². The maximum atomic E-state index is 12.7. The van der Waals surface area contributed by atoms with Crippen molar-refractivity contribution in [2.45, 2.75) is 36.8 Å². The minimum Gasteiger partial charge on any atom is -0.492 e. The number of nitrogens with zero attached hydrogens (tertiary/aromatic N) is 1. The van der Waals surface area contributed by atoms with Gasteiger partial charge in [-0.3, -0.25) is 19.2 Å². The number of ether oxygens (including phenoxy) is 7. The van der Waals surface area contributed by atoms with E-state index in [1.54, 1.807) is 20.8 Å². The molecule has 42 heavy (non-hydrogen) atoms. The van der Waals surface area contributed by atoms with E-state index in [9.17, 15) is 29.4 Å². The molecule has 0 spiro atoms. The highest BCUT2D eigenvalue weighted by atomic mass is 79.9. The molecule has 2 N–H and O–H groups in total. The second kappa shape index (κ2) is 18.8. The Morgan fingerprint density at radius 3 is 1.69 bits per heavy atom. The molecule has 1 aromatic heterocycles. The van der Waals surface area contributed by atoms with Crippen LogP contribution in [0.25, 0.3) is 0 Å². The molecule has 1 aromatic rings. The van der Waals surface area contributed by atoms with E-state index in [1.165, 1.54) is 6.92 Å². The molecule has 240 valence electrons. The van der Waals surface area contributed by atoms with Gasteiger partial charge in [0.05, 0.1) is 39.6 Å². The van der Waals surface area contributed by atoms with Gasteiger partial charge in [0.25, 0.3) is 0 Å². The third kappa shape index (κ3) is 14.5. The number of carbonyl (C=O) groups excluding carboxylic acids is 4. The summed E-state index contributed by atoms with van der Waals surface area (Å²) in [5, 5.41) is 18.8. The van der Waals surface area contributed by atoms with Gasteiger partial charge in [0.15, 0.2) is 0 Å². The number of aromatic nitrogens is 1. The molecule has 0 aromatic carbocycles. The van der Waals surface area contributed by atoms with Gasteiger partial charge in [-0.25, -0.2) is 4.79 Å². The van der Waals surface area contributed by atoms with Crippen LogP contribution in [0.2, 0.25) is 0 Å². The van der Waals surface area contributed by atoms with Gasteiger partial charge in [-0.05, 0) is 27.7 Å². The van der Waals surface area contributed by atoms with E-state index in [0.717, 1.165) is 12.1 Å². The van der Waals surface area contributed by atoms with Gasteiger partial charge >= 0.3 is 24.1 Å². The van der Waals surface area contributed by atoms with E-state index in [4.69, 9.17) is 33.2 Å². The average molecular weight is 735 g/mol. The molecule has 0 fully saturated rings. The highest BCUT2D eigenvalue weighted by Crippen LogP contribution is 2.24. The molecular formula is C25H37Br2NO14. The molecule has 0 aliphatic heterocycles. The normalized spacial score (nSPS) is 13.5. The van der Waals surface area contributed by atoms with Crippen molar-refractivity contribution >= 4 is 55.9 Å². The standard InChI is InChI=1S/C25H37Br2NO14/c1-17(26)20(31)40-15-25(4,16-41-21(32)24(2,3)27)22(33)38-13-11-36-9-7-35-8-10-37-12-14-39-23(34)42-28-18(29)5-6-19(28)30/h5-6,17,29-30H,7-16H2,1-4H3. The van der Waals surface area contributed by atoms with Crippen molar-refractivity contribution in [1.29, 1.82) is 0 Å². The number of esters is 3. The summed E-state index contributed by atoms with van der Waals surface area (Å²) in [5.41, 5.74) is -1.44. The molecule has 2 unspecified atom stereocenters. The van der Waals surface area contributed by atoms with Gasteiger partial charge < -0.3 is 43.4 Å². The highest BCUT2D eigenvalue weighted by molar-refractivity contribution is 9.10. The van der Waals surface area contributed by atoms with Gasteiger partial charge in [-0.1, -0.05) is 31.9 Å². The number of halogens is 2. The minimum atomic E-state index is -1.44. The summed E-state index contributed by atoms with van der Waals surface area (Å²) in [6, 6.07) is 2.26. The Morgan fingerprint density at radius 1 is 0.762 bits per heavy atom. The van der Waals surface area contributed by atoms with Crippen molar-refractivity contribution in [1.82, 2.24) is 4.73 Å². The zero-order valence-electron chi connectivity index (χ0n) is 23.8. The van der Waals surface area contributed by atoms with Crippen molar-refractivity contribution in [3.8, 4) is 11.8 Å². The van der Waals surface area contributed by atoms with Crippen LogP contribution in [0.1, 0.15) is 27.7 Å². The van der Waals surface area contributed by atoms with Crippen LogP contribution in [0.4, 0.5) is 4.79 Å². The molecule has 0 amide bonds. The Hall–Kier alpha value is -2.60. The Kier molecular flexibility index (Phi) is 16.8.